The van der Waals surface area contributed by atoms with Gasteiger partial charge >= 0.3 is 11.9 Å². The summed E-state index contributed by atoms with van der Waals surface area (Å²) >= 11 is 0. The number of hydrogen-bond acceptors (Lipinski definition) is 3. The number of carbonyl (C=O) groups is 2. The average molecular weight is 256 g/mol. The molecular formula is C14H24O4. The van der Waals surface area contributed by atoms with Crippen molar-refractivity contribution in [2.24, 2.45) is 5.41 Å². The molecule has 0 heterocycles. The molecule has 0 aromatic carbocycles. The molecule has 0 rings (SSSR count). The molecule has 0 unspecified atom stereocenters. The summed E-state index contributed by atoms with van der Waals surface area (Å²) in [6.45, 7) is 12.1. The number of unbranched alkanes of at least 4 members (excludes halogenated alkanes) is 1. The Balaban J connectivity index is 0. The fraction of sp³-hybridized carbons (Fsp3) is 0.571. The maximum Gasteiger partial charge on any atom is 0.310 e. The summed E-state index contributed by atoms with van der Waals surface area (Å²) in [7, 11) is 0. The molecule has 1 N–H and O–H groups in total. The van der Waals surface area contributed by atoms with E-state index in [0.29, 0.717) is 12.8 Å². The highest BCUT2D eigenvalue weighted by Crippen LogP contribution is 2.19. The van der Waals surface area contributed by atoms with Crippen molar-refractivity contribution in [3.63, 3.8) is 0 Å². The first kappa shape index (κ1) is 18.8. The van der Waals surface area contributed by atoms with Crippen LogP contribution in [0.25, 0.3) is 0 Å². The third kappa shape index (κ3) is 10.9. The molecule has 104 valence electrons. The number of ether oxygens (including phenoxy) is 1. The van der Waals surface area contributed by atoms with Gasteiger partial charge in [0, 0.05) is 6.42 Å². The summed E-state index contributed by atoms with van der Waals surface area (Å²) < 4.78 is 4.47. The van der Waals surface area contributed by atoms with Gasteiger partial charge in [0.1, 0.15) is 0 Å². The van der Waals surface area contributed by atoms with Crippen molar-refractivity contribution in [2.75, 3.05) is 0 Å². The first-order chi connectivity index (χ1) is 8.31. The van der Waals surface area contributed by atoms with E-state index in [9.17, 15) is 9.59 Å². The van der Waals surface area contributed by atoms with E-state index in [1.165, 1.54) is 0 Å². The zero-order chi connectivity index (χ0) is 14.6. The second-order valence-corrected chi connectivity index (χ2v) is 4.44. The normalized spacial score (nSPS) is 9.72. The summed E-state index contributed by atoms with van der Waals surface area (Å²) in [6.07, 6.45) is 5.72. The minimum Gasteiger partial charge on any atom is -0.481 e. The van der Waals surface area contributed by atoms with Crippen LogP contribution in [-0.4, -0.2) is 17.0 Å². The molecule has 0 aliphatic heterocycles. The van der Waals surface area contributed by atoms with Gasteiger partial charge in [-0.1, -0.05) is 26.0 Å². The summed E-state index contributed by atoms with van der Waals surface area (Å²) in [5.41, 5.74) is -0.651. The lowest BCUT2D eigenvalue weighted by molar-refractivity contribution is -0.146. The van der Waals surface area contributed by atoms with E-state index in [2.05, 4.69) is 17.9 Å². The molecule has 0 atom stereocenters. The van der Waals surface area contributed by atoms with Crippen LogP contribution in [0.5, 0.6) is 0 Å². The molecule has 0 radical (unpaired) electrons. The largest absolute Gasteiger partial charge is 0.481 e. The maximum absolute atomic E-state index is 10.5. The summed E-state index contributed by atoms with van der Waals surface area (Å²) in [6, 6.07) is 0. The Bertz CT molecular complexity index is 280. The summed E-state index contributed by atoms with van der Waals surface area (Å²) in [5.74, 6) is -0.964. The zero-order valence-electron chi connectivity index (χ0n) is 11.6. The monoisotopic (exact) mass is 256 g/mol. The Labute approximate surface area is 109 Å². The Morgan fingerprint density at radius 3 is 2.17 bits per heavy atom. The van der Waals surface area contributed by atoms with Crippen LogP contribution in [-0.2, 0) is 14.3 Å². The number of aliphatic carboxylic acids is 1. The van der Waals surface area contributed by atoms with Gasteiger partial charge in [0.2, 0.25) is 0 Å². The molecule has 0 aliphatic rings. The van der Waals surface area contributed by atoms with Crippen LogP contribution in [0.4, 0.5) is 0 Å². The highest BCUT2D eigenvalue weighted by molar-refractivity contribution is 5.73. The first-order valence-corrected chi connectivity index (χ1v) is 5.96. The first-order valence-electron chi connectivity index (χ1n) is 5.96. The molecule has 0 bridgehead atoms. The van der Waals surface area contributed by atoms with Crippen LogP contribution in [0.1, 0.15) is 46.5 Å². The number of carbonyl (C=O) groups excluding carboxylic acids is 1. The average Bonchev–Trinajstić information content (AvgIpc) is 2.27. The molecule has 0 fully saturated rings. The van der Waals surface area contributed by atoms with Crippen molar-refractivity contribution in [3.05, 3.63) is 25.5 Å². The molecule has 0 aromatic rings. The van der Waals surface area contributed by atoms with Gasteiger partial charge in [0.15, 0.2) is 0 Å². The van der Waals surface area contributed by atoms with E-state index < -0.39 is 11.4 Å². The van der Waals surface area contributed by atoms with Gasteiger partial charge in [-0.25, -0.2) is 0 Å². The Morgan fingerprint density at radius 1 is 1.33 bits per heavy atom. The van der Waals surface area contributed by atoms with E-state index in [1.54, 1.807) is 19.9 Å². The van der Waals surface area contributed by atoms with Crippen LogP contribution >= 0.6 is 0 Å². The second-order valence-electron chi connectivity index (χ2n) is 4.44. The molecule has 0 saturated carbocycles. The minimum absolute atomic E-state index is 0.188. The fourth-order valence-electron chi connectivity index (χ4n) is 0.921. The van der Waals surface area contributed by atoms with Gasteiger partial charge in [-0.15, -0.1) is 6.58 Å². The molecule has 4 nitrogen and oxygen atoms in total. The Hall–Kier alpha value is -1.58. The topological polar surface area (TPSA) is 63.6 Å². The van der Waals surface area contributed by atoms with Crippen LogP contribution in [0, 0.1) is 5.41 Å². The lowest BCUT2D eigenvalue weighted by atomic mass is 9.90. The van der Waals surface area contributed by atoms with Crippen molar-refractivity contribution in [3.8, 4) is 0 Å². The van der Waals surface area contributed by atoms with E-state index >= 15 is 0 Å². The van der Waals surface area contributed by atoms with Crippen molar-refractivity contribution in [2.45, 2.75) is 46.5 Å². The standard InChI is InChI=1S/2C7H12O2/c1-4-5-7(2,3)6(8)9;1-3-5-6-7(8)9-4-2/h4H,1,5H2,2-3H3,(H,8,9);4H,2-3,5-6H2,1H3. The number of rotatable bonds is 7. The van der Waals surface area contributed by atoms with Gasteiger partial charge in [0.25, 0.3) is 0 Å². The van der Waals surface area contributed by atoms with E-state index in [4.69, 9.17) is 5.11 Å². The smallest absolute Gasteiger partial charge is 0.310 e. The molecule has 0 aliphatic carbocycles. The predicted octanol–water partition coefficient (Wildman–Crippen LogP) is 3.54. The number of carboxylic acid groups (broad SMARTS) is 1. The van der Waals surface area contributed by atoms with Crippen molar-refractivity contribution in [1.82, 2.24) is 0 Å². The lowest BCUT2D eigenvalue weighted by Crippen LogP contribution is -2.22. The molecule has 4 heteroatoms. The molecule has 0 spiro atoms. The number of hydrogen-bond donors (Lipinski definition) is 1. The molecule has 0 aromatic heterocycles. The van der Waals surface area contributed by atoms with E-state index in [0.717, 1.165) is 19.1 Å². The minimum atomic E-state index is -0.776. The number of esters is 1. The fourth-order valence-corrected chi connectivity index (χ4v) is 0.921. The molecular weight excluding hydrogens is 232 g/mol. The van der Waals surface area contributed by atoms with Crippen LogP contribution in [0.2, 0.25) is 0 Å². The predicted molar refractivity (Wildman–Crippen MR) is 72.0 cm³/mol. The Morgan fingerprint density at radius 2 is 1.89 bits per heavy atom. The highest BCUT2D eigenvalue weighted by atomic mass is 16.5. The van der Waals surface area contributed by atoms with Crippen LogP contribution < -0.4 is 0 Å². The van der Waals surface area contributed by atoms with Crippen LogP contribution in [0.3, 0.4) is 0 Å². The van der Waals surface area contributed by atoms with Crippen molar-refractivity contribution in [1.29, 1.82) is 0 Å². The van der Waals surface area contributed by atoms with Crippen LogP contribution in [0.15, 0.2) is 25.5 Å². The maximum atomic E-state index is 10.5. The SMILES string of the molecule is C=CCC(C)(C)C(=O)O.C=COC(=O)CCCC. The quantitative estimate of drug-likeness (QED) is 0.430. The van der Waals surface area contributed by atoms with E-state index in [1.807, 2.05) is 6.92 Å². The van der Waals surface area contributed by atoms with Gasteiger partial charge in [-0.2, -0.15) is 0 Å². The van der Waals surface area contributed by atoms with Gasteiger partial charge in [-0.3, -0.25) is 9.59 Å². The summed E-state index contributed by atoms with van der Waals surface area (Å²) in [4.78, 5) is 20.9. The number of allylic oxidation sites excluding steroid dienone is 1. The molecule has 0 amide bonds. The highest BCUT2D eigenvalue weighted by Gasteiger charge is 2.24. The van der Waals surface area contributed by atoms with Crippen molar-refractivity contribution >= 4 is 11.9 Å². The van der Waals surface area contributed by atoms with E-state index in [-0.39, 0.29) is 5.97 Å². The van der Waals surface area contributed by atoms with Gasteiger partial charge in [-0.05, 0) is 26.7 Å². The molecule has 18 heavy (non-hydrogen) atoms. The van der Waals surface area contributed by atoms with Crippen molar-refractivity contribution < 1.29 is 19.4 Å². The zero-order valence-corrected chi connectivity index (χ0v) is 11.6. The lowest BCUT2D eigenvalue weighted by Gasteiger charge is -2.15. The number of carboxylic acids is 1. The Kier molecular flexibility index (Phi) is 11.0. The summed E-state index contributed by atoms with van der Waals surface area (Å²) in [5, 5.41) is 8.52. The van der Waals surface area contributed by atoms with Gasteiger partial charge in [0.05, 0.1) is 11.7 Å². The third-order valence-electron chi connectivity index (χ3n) is 2.18. The van der Waals surface area contributed by atoms with Gasteiger partial charge < -0.3 is 9.84 Å². The third-order valence-corrected chi connectivity index (χ3v) is 2.18. The second kappa shape index (κ2) is 10.6. The molecule has 0 saturated heterocycles.